The van der Waals surface area contributed by atoms with E-state index in [1.807, 2.05) is 0 Å². The van der Waals surface area contributed by atoms with Crippen LogP contribution in [0.15, 0.2) is 11.1 Å². The summed E-state index contributed by atoms with van der Waals surface area (Å²) < 4.78 is 10.0. The van der Waals surface area contributed by atoms with Crippen molar-refractivity contribution in [2.75, 3.05) is 19.8 Å². The molecule has 0 unspecified atom stereocenters. The van der Waals surface area contributed by atoms with Crippen LogP contribution in [-0.4, -0.2) is 25.8 Å². The number of esters is 1. The minimum absolute atomic E-state index is 0.210. The molecule has 1 aliphatic heterocycles. The van der Waals surface area contributed by atoms with Gasteiger partial charge >= 0.3 is 5.97 Å². The van der Waals surface area contributed by atoms with Gasteiger partial charge in [-0.05, 0) is 25.8 Å². The summed E-state index contributed by atoms with van der Waals surface area (Å²) in [7, 11) is 0. The van der Waals surface area contributed by atoms with Gasteiger partial charge < -0.3 is 9.47 Å². The van der Waals surface area contributed by atoms with E-state index in [0.717, 1.165) is 18.6 Å². The summed E-state index contributed by atoms with van der Waals surface area (Å²) in [6.07, 6.45) is 0.866. The normalized spacial score (nSPS) is 20.8. The van der Waals surface area contributed by atoms with Crippen LogP contribution in [0.2, 0.25) is 0 Å². The highest BCUT2D eigenvalue weighted by Crippen LogP contribution is 2.16. The van der Waals surface area contributed by atoms with Gasteiger partial charge in [0.15, 0.2) is 0 Å². The maximum atomic E-state index is 11.2. The third-order valence-corrected chi connectivity index (χ3v) is 1.94. The Kier molecular flexibility index (Phi) is 3.29. The Balaban J connectivity index is 2.60. The van der Waals surface area contributed by atoms with Crippen LogP contribution in [0.4, 0.5) is 0 Å². The van der Waals surface area contributed by atoms with Gasteiger partial charge in [-0.15, -0.1) is 0 Å². The van der Waals surface area contributed by atoms with E-state index in [1.165, 1.54) is 0 Å². The molecule has 0 bridgehead atoms. The van der Waals surface area contributed by atoms with Crippen LogP contribution < -0.4 is 0 Å². The molecule has 12 heavy (non-hydrogen) atoms. The lowest BCUT2D eigenvalue weighted by Crippen LogP contribution is -2.07. The van der Waals surface area contributed by atoms with E-state index < -0.39 is 0 Å². The molecular formula is C9H14O3. The predicted molar refractivity (Wildman–Crippen MR) is 44.8 cm³/mol. The quantitative estimate of drug-likeness (QED) is 0.462. The first-order valence-electron chi connectivity index (χ1n) is 4.19. The van der Waals surface area contributed by atoms with Crippen LogP contribution >= 0.6 is 0 Å². The zero-order chi connectivity index (χ0) is 8.97. The van der Waals surface area contributed by atoms with Gasteiger partial charge in [0.05, 0.1) is 19.8 Å². The number of carbonyl (C=O) groups excluding carboxylic acids is 1. The van der Waals surface area contributed by atoms with E-state index in [9.17, 15) is 4.79 Å². The summed E-state index contributed by atoms with van der Waals surface area (Å²) in [6, 6.07) is 0. The smallest absolute Gasteiger partial charge is 0.333 e. The Morgan fingerprint density at radius 2 is 2.42 bits per heavy atom. The fourth-order valence-electron chi connectivity index (χ4n) is 1.14. The molecule has 1 heterocycles. The molecule has 0 aliphatic carbocycles. The Labute approximate surface area is 72.4 Å². The third-order valence-electron chi connectivity index (χ3n) is 1.94. The zero-order valence-electron chi connectivity index (χ0n) is 7.55. The average Bonchev–Trinajstić information content (AvgIpc) is 2.55. The fraction of sp³-hybridized carbons (Fsp3) is 0.667. The van der Waals surface area contributed by atoms with Gasteiger partial charge in [-0.25, -0.2) is 4.79 Å². The third kappa shape index (κ3) is 2.08. The number of ether oxygens (including phenoxy) is 2. The minimum atomic E-state index is -0.210. The number of rotatable bonds is 2. The molecule has 0 radical (unpaired) electrons. The molecule has 0 spiro atoms. The highest BCUT2D eigenvalue weighted by molar-refractivity contribution is 5.88. The molecule has 0 saturated carbocycles. The van der Waals surface area contributed by atoms with Gasteiger partial charge in [-0.2, -0.15) is 0 Å². The molecule has 1 rings (SSSR count). The summed E-state index contributed by atoms with van der Waals surface area (Å²) in [5.74, 6) is -0.210. The monoisotopic (exact) mass is 170 g/mol. The molecule has 0 aromatic carbocycles. The maximum Gasteiger partial charge on any atom is 0.333 e. The van der Waals surface area contributed by atoms with Gasteiger partial charge in [-0.3, -0.25) is 0 Å². The Morgan fingerprint density at radius 1 is 1.67 bits per heavy atom. The van der Waals surface area contributed by atoms with Crippen molar-refractivity contribution in [3.05, 3.63) is 11.1 Å². The van der Waals surface area contributed by atoms with Gasteiger partial charge in [0.2, 0.25) is 0 Å². The predicted octanol–water partition coefficient (Wildman–Crippen LogP) is 1.29. The summed E-state index contributed by atoms with van der Waals surface area (Å²) in [5.41, 5.74) is 1.79. The minimum Gasteiger partial charge on any atom is -0.463 e. The first-order valence-corrected chi connectivity index (χ1v) is 4.19. The van der Waals surface area contributed by atoms with E-state index in [2.05, 4.69) is 0 Å². The molecule has 3 heteroatoms. The van der Waals surface area contributed by atoms with Gasteiger partial charge in [-0.1, -0.05) is 0 Å². The lowest BCUT2D eigenvalue weighted by molar-refractivity contribution is -0.138. The summed E-state index contributed by atoms with van der Waals surface area (Å²) in [4.78, 5) is 11.2. The van der Waals surface area contributed by atoms with Crippen molar-refractivity contribution in [2.24, 2.45) is 0 Å². The molecule has 68 valence electrons. The first kappa shape index (κ1) is 9.26. The standard InChI is InChI=1S/C9H14O3/c1-3-12-9(10)7(2)8-4-5-11-6-8/h3-6H2,1-2H3/b8-7-. The molecule has 0 atom stereocenters. The molecule has 3 nitrogen and oxygen atoms in total. The number of carbonyl (C=O) groups is 1. The van der Waals surface area contributed by atoms with Crippen molar-refractivity contribution in [3.8, 4) is 0 Å². The topological polar surface area (TPSA) is 35.5 Å². The van der Waals surface area contributed by atoms with E-state index in [4.69, 9.17) is 9.47 Å². The molecule has 0 aromatic rings. The van der Waals surface area contributed by atoms with Crippen molar-refractivity contribution in [1.82, 2.24) is 0 Å². The summed E-state index contributed by atoms with van der Waals surface area (Å²) in [6.45, 7) is 5.35. The fourth-order valence-corrected chi connectivity index (χ4v) is 1.14. The van der Waals surface area contributed by atoms with Crippen molar-refractivity contribution in [2.45, 2.75) is 20.3 Å². The van der Waals surface area contributed by atoms with Crippen LogP contribution in [0.25, 0.3) is 0 Å². The SMILES string of the molecule is CCOC(=O)/C(C)=C1/CCOC1. The lowest BCUT2D eigenvalue weighted by atomic mass is 10.1. The highest BCUT2D eigenvalue weighted by Gasteiger charge is 2.15. The molecule has 0 aromatic heterocycles. The Hall–Kier alpha value is -0.830. The first-order chi connectivity index (χ1) is 5.75. The average molecular weight is 170 g/mol. The van der Waals surface area contributed by atoms with Gasteiger partial charge in [0.1, 0.15) is 0 Å². The summed E-state index contributed by atoms with van der Waals surface area (Å²) >= 11 is 0. The van der Waals surface area contributed by atoms with Gasteiger partial charge in [0, 0.05) is 5.57 Å². The second-order valence-electron chi connectivity index (χ2n) is 2.75. The highest BCUT2D eigenvalue weighted by atomic mass is 16.5. The Morgan fingerprint density at radius 3 is 2.92 bits per heavy atom. The number of hydrogen-bond donors (Lipinski definition) is 0. The molecular weight excluding hydrogens is 156 g/mol. The van der Waals surface area contributed by atoms with Crippen molar-refractivity contribution in [3.63, 3.8) is 0 Å². The van der Waals surface area contributed by atoms with E-state index >= 15 is 0 Å². The second-order valence-corrected chi connectivity index (χ2v) is 2.75. The van der Waals surface area contributed by atoms with Crippen LogP contribution in [0.3, 0.4) is 0 Å². The van der Waals surface area contributed by atoms with Crippen LogP contribution in [0, 0.1) is 0 Å². The van der Waals surface area contributed by atoms with E-state index in [-0.39, 0.29) is 5.97 Å². The van der Waals surface area contributed by atoms with E-state index in [0.29, 0.717) is 18.8 Å². The van der Waals surface area contributed by atoms with Crippen molar-refractivity contribution < 1.29 is 14.3 Å². The molecule has 0 N–H and O–H groups in total. The van der Waals surface area contributed by atoms with Crippen LogP contribution in [-0.2, 0) is 14.3 Å². The Bertz CT molecular complexity index is 198. The van der Waals surface area contributed by atoms with Gasteiger partial charge in [0.25, 0.3) is 0 Å². The molecule has 1 aliphatic rings. The van der Waals surface area contributed by atoms with E-state index in [1.54, 1.807) is 13.8 Å². The molecule has 1 saturated heterocycles. The largest absolute Gasteiger partial charge is 0.463 e. The molecule has 0 amide bonds. The maximum absolute atomic E-state index is 11.2. The van der Waals surface area contributed by atoms with Crippen LogP contribution in [0.5, 0.6) is 0 Å². The molecule has 1 fully saturated rings. The second kappa shape index (κ2) is 4.26. The number of hydrogen-bond acceptors (Lipinski definition) is 3. The van der Waals surface area contributed by atoms with Crippen LogP contribution in [0.1, 0.15) is 20.3 Å². The van der Waals surface area contributed by atoms with Crippen molar-refractivity contribution >= 4 is 5.97 Å². The van der Waals surface area contributed by atoms with Crippen molar-refractivity contribution in [1.29, 1.82) is 0 Å². The summed E-state index contributed by atoms with van der Waals surface area (Å²) in [5, 5.41) is 0. The zero-order valence-corrected chi connectivity index (χ0v) is 7.55. The lowest BCUT2D eigenvalue weighted by Gasteiger charge is -2.03.